The fourth-order valence-corrected chi connectivity index (χ4v) is 1.44. The molecule has 0 radical (unpaired) electrons. The number of hydrogen-bond acceptors (Lipinski definition) is 5. The molecule has 0 fully saturated rings. The Morgan fingerprint density at radius 2 is 2.11 bits per heavy atom. The number of ether oxygens (including phenoxy) is 1. The van der Waals surface area contributed by atoms with Crippen molar-refractivity contribution in [3.63, 3.8) is 0 Å². The summed E-state index contributed by atoms with van der Waals surface area (Å²) in [6.07, 6.45) is 1.49. The third-order valence-corrected chi connectivity index (χ3v) is 2.35. The summed E-state index contributed by atoms with van der Waals surface area (Å²) in [7, 11) is 4.67. The second-order valence-corrected chi connectivity index (χ2v) is 4.02. The minimum Gasteiger partial charge on any atom is -0.464 e. The fraction of sp³-hybridized carbons (Fsp3) is 0.417. The normalized spacial score (nSPS) is 11.6. The first kappa shape index (κ1) is 14.0. The van der Waals surface area contributed by atoms with Crippen molar-refractivity contribution in [2.45, 2.75) is 13.0 Å². The van der Waals surface area contributed by atoms with Crippen LogP contribution in [0.1, 0.15) is 17.4 Å². The van der Waals surface area contributed by atoms with E-state index in [4.69, 9.17) is 0 Å². The summed E-state index contributed by atoms with van der Waals surface area (Å²) in [5.41, 5.74) is 0.847. The summed E-state index contributed by atoms with van der Waals surface area (Å²) in [5, 5.41) is 3.00. The molecule has 1 aromatic rings. The van der Waals surface area contributed by atoms with Crippen molar-refractivity contribution in [1.29, 1.82) is 0 Å². The van der Waals surface area contributed by atoms with Crippen LogP contribution in [0.15, 0.2) is 18.3 Å². The summed E-state index contributed by atoms with van der Waals surface area (Å²) in [6.45, 7) is 1.75. The van der Waals surface area contributed by atoms with Crippen LogP contribution in [-0.2, 0) is 9.53 Å². The number of hydrogen-bond donors (Lipinski definition) is 1. The molecular formula is C12H17N3O3. The number of amides is 1. The van der Waals surface area contributed by atoms with Crippen LogP contribution in [0, 0.1) is 0 Å². The molecule has 1 rings (SSSR count). The molecule has 6 heteroatoms. The first-order valence-electron chi connectivity index (χ1n) is 5.47. The third kappa shape index (κ3) is 3.44. The highest BCUT2D eigenvalue weighted by atomic mass is 16.5. The largest absolute Gasteiger partial charge is 0.464 e. The smallest absolute Gasteiger partial charge is 0.356 e. The Bertz CT molecular complexity index is 446. The average Bonchev–Trinajstić information content (AvgIpc) is 2.36. The number of likely N-dealkylation sites (N-methyl/N-ethyl adjacent to an activating group) is 1. The predicted molar refractivity (Wildman–Crippen MR) is 67.4 cm³/mol. The Hall–Kier alpha value is -2.11. The van der Waals surface area contributed by atoms with Gasteiger partial charge in [-0.25, -0.2) is 9.78 Å². The first-order valence-corrected chi connectivity index (χ1v) is 5.47. The Morgan fingerprint density at radius 1 is 1.44 bits per heavy atom. The molecule has 98 valence electrons. The van der Waals surface area contributed by atoms with E-state index < -0.39 is 5.97 Å². The number of nitrogens with zero attached hydrogens (tertiary/aromatic N) is 2. The van der Waals surface area contributed by atoms with Gasteiger partial charge in [0.25, 0.3) is 0 Å². The number of pyridine rings is 1. The molecule has 0 aliphatic heterocycles. The van der Waals surface area contributed by atoms with Crippen LogP contribution in [-0.4, -0.2) is 49.0 Å². The predicted octanol–water partition coefficient (Wildman–Crippen LogP) is 0.757. The van der Waals surface area contributed by atoms with Crippen LogP contribution >= 0.6 is 0 Å². The van der Waals surface area contributed by atoms with Gasteiger partial charge in [0.2, 0.25) is 5.91 Å². The molecule has 18 heavy (non-hydrogen) atoms. The molecule has 1 aromatic heterocycles. The number of anilines is 1. The van der Waals surface area contributed by atoms with Crippen LogP contribution in [0.25, 0.3) is 0 Å². The van der Waals surface area contributed by atoms with Gasteiger partial charge in [0.1, 0.15) is 11.7 Å². The molecule has 0 aliphatic rings. The second kappa shape index (κ2) is 6.00. The van der Waals surface area contributed by atoms with Gasteiger partial charge in [-0.05, 0) is 19.1 Å². The average molecular weight is 251 g/mol. The number of rotatable bonds is 4. The summed E-state index contributed by atoms with van der Waals surface area (Å²) in [6, 6.07) is 2.85. The fourth-order valence-electron chi connectivity index (χ4n) is 1.44. The number of carbonyl (C=O) groups excluding carboxylic acids is 2. The maximum Gasteiger partial charge on any atom is 0.356 e. The van der Waals surface area contributed by atoms with E-state index in [9.17, 15) is 9.59 Å². The molecule has 0 saturated carbocycles. The highest BCUT2D eigenvalue weighted by Gasteiger charge is 2.15. The maximum atomic E-state index is 11.7. The van der Waals surface area contributed by atoms with E-state index in [1.54, 1.807) is 33.2 Å². The van der Waals surface area contributed by atoms with Gasteiger partial charge in [-0.15, -0.1) is 0 Å². The van der Waals surface area contributed by atoms with Crippen molar-refractivity contribution in [2.75, 3.05) is 26.5 Å². The van der Waals surface area contributed by atoms with E-state index in [-0.39, 0.29) is 17.6 Å². The molecular weight excluding hydrogens is 234 g/mol. The molecule has 1 amide bonds. The van der Waals surface area contributed by atoms with Crippen LogP contribution in [0.5, 0.6) is 0 Å². The molecule has 6 nitrogen and oxygen atoms in total. The number of methoxy groups -OCH3 is 1. The second-order valence-electron chi connectivity index (χ2n) is 4.02. The lowest BCUT2D eigenvalue weighted by atomic mass is 10.2. The molecule has 1 unspecified atom stereocenters. The zero-order valence-corrected chi connectivity index (χ0v) is 10.9. The van der Waals surface area contributed by atoms with Crippen molar-refractivity contribution >= 4 is 17.6 Å². The topological polar surface area (TPSA) is 71.5 Å². The summed E-state index contributed by atoms with van der Waals surface area (Å²) >= 11 is 0. The third-order valence-electron chi connectivity index (χ3n) is 2.35. The van der Waals surface area contributed by atoms with Crippen LogP contribution in [0.2, 0.25) is 0 Å². The monoisotopic (exact) mass is 251 g/mol. The lowest BCUT2D eigenvalue weighted by Crippen LogP contribution is -2.36. The van der Waals surface area contributed by atoms with Crippen molar-refractivity contribution in [3.05, 3.63) is 24.0 Å². The molecule has 0 aromatic carbocycles. The van der Waals surface area contributed by atoms with Gasteiger partial charge in [-0.3, -0.25) is 4.79 Å². The highest BCUT2D eigenvalue weighted by molar-refractivity contribution is 5.89. The number of aromatic nitrogens is 1. The van der Waals surface area contributed by atoms with Crippen molar-refractivity contribution in [1.82, 2.24) is 9.88 Å². The van der Waals surface area contributed by atoms with E-state index in [1.807, 2.05) is 0 Å². The first-order chi connectivity index (χ1) is 8.45. The molecule has 0 saturated heterocycles. The van der Waals surface area contributed by atoms with Gasteiger partial charge in [0, 0.05) is 26.0 Å². The molecule has 0 spiro atoms. The van der Waals surface area contributed by atoms with E-state index in [2.05, 4.69) is 15.0 Å². The van der Waals surface area contributed by atoms with Crippen LogP contribution in [0.4, 0.5) is 5.69 Å². The van der Waals surface area contributed by atoms with Crippen LogP contribution in [0.3, 0.4) is 0 Å². The lowest BCUT2D eigenvalue weighted by Gasteiger charge is -2.19. The van der Waals surface area contributed by atoms with Crippen molar-refractivity contribution in [2.24, 2.45) is 0 Å². The number of esters is 1. The van der Waals surface area contributed by atoms with E-state index in [1.165, 1.54) is 18.2 Å². The summed E-state index contributed by atoms with van der Waals surface area (Å²) in [4.78, 5) is 28.4. The molecule has 1 heterocycles. The van der Waals surface area contributed by atoms with E-state index in [0.717, 1.165) is 0 Å². The maximum absolute atomic E-state index is 11.7. The summed E-state index contributed by atoms with van der Waals surface area (Å²) in [5.74, 6) is -0.559. The van der Waals surface area contributed by atoms with Crippen molar-refractivity contribution < 1.29 is 14.3 Å². The highest BCUT2D eigenvalue weighted by Crippen LogP contribution is 2.10. The lowest BCUT2D eigenvalue weighted by molar-refractivity contribution is -0.129. The van der Waals surface area contributed by atoms with E-state index in [0.29, 0.717) is 5.69 Å². The number of nitrogens with one attached hydrogen (secondary N) is 1. The zero-order chi connectivity index (χ0) is 13.7. The van der Waals surface area contributed by atoms with Gasteiger partial charge >= 0.3 is 5.97 Å². The van der Waals surface area contributed by atoms with Gasteiger partial charge in [-0.2, -0.15) is 0 Å². The van der Waals surface area contributed by atoms with Crippen molar-refractivity contribution in [3.8, 4) is 0 Å². The van der Waals surface area contributed by atoms with Crippen LogP contribution < -0.4 is 5.32 Å². The van der Waals surface area contributed by atoms with E-state index >= 15 is 0 Å². The molecule has 0 bridgehead atoms. The molecule has 1 atom stereocenters. The zero-order valence-electron chi connectivity index (χ0n) is 10.9. The molecule has 1 N–H and O–H groups in total. The Kier molecular flexibility index (Phi) is 4.65. The van der Waals surface area contributed by atoms with Gasteiger partial charge in [-0.1, -0.05) is 0 Å². The Balaban J connectivity index is 2.79. The Morgan fingerprint density at radius 3 is 2.67 bits per heavy atom. The number of carbonyl (C=O) groups is 2. The quantitative estimate of drug-likeness (QED) is 0.800. The minimum absolute atomic E-state index is 0.0496. The Labute approximate surface area is 106 Å². The minimum atomic E-state index is -0.509. The SMILES string of the molecule is COC(=O)c1cc(NC(C)C(=O)N(C)C)ccn1. The standard InChI is InChI=1S/C12H17N3O3/c1-8(11(16)15(2)3)14-9-5-6-13-10(7-9)12(17)18-4/h5-8H,1-4H3,(H,13,14). The van der Waals surface area contributed by atoms with Gasteiger partial charge < -0.3 is 15.0 Å². The van der Waals surface area contributed by atoms with Gasteiger partial charge in [0.15, 0.2) is 0 Å². The molecule has 0 aliphatic carbocycles. The summed E-state index contributed by atoms with van der Waals surface area (Å²) < 4.78 is 4.58. The van der Waals surface area contributed by atoms with Gasteiger partial charge in [0.05, 0.1) is 7.11 Å².